The van der Waals surface area contributed by atoms with Crippen molar-refractivity contribution < 1.29 is 13.2 Å². The minimum Gasteiger partial charge on any atom is -0.337 e. The van der Waals surface area contributed by atoms with Crippen LogP contribution in [0.3, 0.4) is 0 Å². The van der Waals surface area contributed by atoms with Crippen molar-refractivity contribution in [3.63, 3.8) is 0 Å². The maximum absolute atomic E-state index is 12.7. The second-order valence-electron chi connectivity index (χ2n) is 5.37. The van der Waals surface area contributed by atoms with Crippen molar-refractivity contribution in [3.8, 4) is 0 Å². The van der Waals surface area contributed by atoms with Crippen LogP contribution in [0.1, 0.15) is 27.7 Å². The molecule has 0 saturated heterocycles. The van der Waals surface area contributed by atoms with E-state index in [1.54, 1.807) is 43.2 Å². The summed E-state index contributed by atoms with van der Waals surface area (Å²) in [4.78, 5) is 15.5. The van der Waals surface area contributed by atoms with Gasteiger partial charge in [0, 0.05) is 33.9 Å². The topological polar surface area (TPSA) is 66.5 Å². The number of halogens is 1. The van der Waals surface area contributed by atoms with Crippen LogP contribution in [0.15, 0.2) is 39.0 Å². The maximum Gasteiger partial charge on any atom is 0.254 e. The van der Waals surface area contributed by atoms with Gasteiger partial charge < -0.3 is 4.90 Å². The van der Waals surface area contributed by atoms with Crippen molar-refractivity contribution in [1.82, 2.24) is 9.62 Å². The summed E-state index contributed by atoms with van der Waals surface area (Å²) in [5.41, 5.74) is 1.14. The van der Waals surface area contributed by atoms with Crippen LogP contribution >= 0.6 is 27.3 Å². The number of carbonyl (C=O) groups excluding carboxylic acids is 1. The fourth-order valence-electron chi connectivity index (χ4n) is 2.22. The summed E-state index contributed by atoms with van der Waals surface area (Å²) in [6.45, 7) is 4.28. The third-order valence-corrected chi connectivity index (χ3v) is 6.67. The van der Waals surface area contributed by atoms with E-state index in [0.29, 0.717) is 18.7 Å². The van der Waals surface area contributed by atoms with E-state index in [1.165, 1.54) is 12.1 Å². The summed E-state index contributed by atoms with van der Waals surface area (Å²) in [5.74, 6) is -0.203. The van der Waals surface area contributed by atoms with E-state index in [-0.39, 0.29) is 10.8 Å². The lowest BCUT2D eigenvalue weighted by atomic mass is 10.1. The first-order valence-electron chi connectivity index (χ1n) is 7.33. The van der Waals surface area contributed by atoms with Gasteiger partial charge >= 0.3 is 0 Å². The number of sulfonamides is 1. The van der Waals surface area contributed by atoms with Gasteiger partial charge in [-0.3, -0.25) is 4.79 Å². The minimum absolute atomic E-state index is 0.102. The van der Waals surface area contributed by atoms with E-state index < -0.39 is 10.0 Å². The predicted molar refractivity (Wildman–Crippen MR) is 99.9 cm³/mol. The van der Waals surface area contributed by atoms with Crippen LogP contribution in [0.25, 0.3) is 0 Å². The number of nitrogens with one attached hydrogen (secondary N) is 1. The standard InChI is InChI=1S/C16H19BrN2O3S2/c1-4-18-24(21,22)14-6-5-11(2)15(8-14)16(20)19(3)9-13-7-12(17)10-23-13/h5-8,10,18H,4,9H2,1-3H3. The van der Waals surface area contributed by atoms with Gasteiger partial charge in [-0.2, -0.15) is 0 Å². The number of benzene rings is 1. The van der Waals surface area contributed by atoms with Gasteiger partial charge in [0.1, 0.15) is 0 Å². The van der Waals surface area contributed by atoms with E-state index in [0.717, 1.165) is 14.9 Å². The van der Waals surface area contributed by atoms with Gasteiger partial charge in [-0.25, -0.2) is 13.1 Å². The third-order valence-electron chi connectivity index (χ3n) is 3.45. The molecular formula is C16H19BrN2O3S2. The zero-order valence-corrected chi connectivity index (χ0v) is 16.9. The molecule has 1 heterocycles. The molecule has 1 aromatic heterocycles. The first-order chi connectivity index (χ1) is 11.2. The van der Waals surface area contributed by atoms with Crippen molar-refractivity contribution in [3.05, 3.63) is 50.1 Å². The number of aryl methyl sites for hydroxylation is 1. The molecule has 1 amide bonds. The monoisotopic (exact) mass is 430 g/mol. The molecule has 8 heteroatoms. The Balaban J connectivity index is 2.28. The molecule has 0 aliphatic heterocycles. The average molecular weight is 431 g/mol. The SMILES string of the molecule is CCNS(=O)(=O)c1ccc(C)c(C(=O)N(C)Cc2cc(Br)cs2)c1. The van der Waals surface area contributed by atoms with Crippen molar-refractivity contribution in [2.75, 3.05) is 13.6 Å². The summed E-state index contributed by atoms with van der Waals surface area (Å²) in [6.07, 6.45) is 0. The number of nitrogens with zero attached hydrogens (tertiary/aromatic N) is 1. The summed E-state index contributed by atoms with van der Waals surface area (Å²) >= 11 is 4.96. The molecule has 0 radical (unpaired) electrons. The quantitative estimate of drug-likeness (QED) is 0.763. The molecular weight excluding hydrogens is 412 g/mol. The number of thiophene rings is 1. The lowest BCUT2D eigenvalue weighted by Gasteiger charge is -2.18. The lowest BCUT2D eigenvalue weighted by Crippen LogP contribution is -2.27. The molecule has 5 nitrogen and oxygen atoms in total. The second kappa shape index (κ2) is 7.77. The maximum atomic E-state index is 12.7. The van der Waals surface area contributed by atoms with Gasteiger partial charge in [0.2, 0.25) is 10.0 Å². The molecule has 0 saturated carbocycles. The molecule has 0 aliphatic rings. The zero-order chi connectivity index (χ0) is 17.9. The Morgan fingerprint density at radius 3 is 2.62 bits per heavy atom. The van der Waals surface area contributed by atoms with Crippen LogP contribution in [0.4, 0.5) is 0 Å². The molecule has 1 N–H and O–H groups in total. The predicted octanol–water partition coefficient (Wildman–Crippen LogP) is 3.39. The third kappa shape index (κ3) is 4.44. The second-order valence-corrected chi connectivity index (χ2v) is 9.05. The molecule has 2 rings (SSSR count). The van der Waals surface area contributed by atoms with E-state index in [1.807, 2.05) is 11.4 Å². The van der Waals surface area contributed by atoms with E-state index in [4.69, 9.17) is 0 Å². The van der Waals surface area contributed by atoms with E-state index in [9.17, 15) is 13.2 Å². The number of amides is 1. The molecule has 0 aliphatic carbocycles. The highest BCUT2D eigenvalue weighted by molar-refractivity contribution is 9.10. The highest BCUT2D eigenvalue weighted by atomic mass is 79.9. The van der Waals surface area contributed by atoms with Crippen LogP contribution in [-0.2, 0) is 16.6 Å². The highest BCUT2D eigenvalue weighted by Crippen LogP contribution is 2.22. The molecule has 0 atom stereocenters. The summed E-state index contributed by atoms with van der Waals surface area (Å²) in [6, 6.07) is 6.58. The molecule has 130 valence electrons. The van der Waals surface area contributed by atoms with E-state index in [2.05, 4.69) is 20.7 Å². The summed E-state index contributed by atoms with van der Waals surface area (Å²) < 4.78 is 27.7. The Labute approximate surface area is 154 Å². The Bertz CT molecular complexity index is 847. The van der Waals surface area contributed by atoms with Crippen molar-refractivity contribution in [2.24, 2.45) is 0 Å². The molecule has 1 aromatic carbocycles. The van der Waals surface area contributed by atoms with Crippen molar-refractivity contribution >= 4 is 43.2 Å². The van der Waals surface area contributed by atoms with Gasteiger partial charge in [-0.05, 0) is 46.6 Å². The highest BCUT2D eigenvalue weighted by Gasteiger charge is 2.20. The fraction of sp³-hybridized carbons (Fsp3) is 0.312. The van der Waals surface area contributed by atoms with Crippen LogP contribution in [0.2, 0.25) is 0 Å². The largest absolute Gasteiger partial charge is 0.337 e. The number of hydrogen-bond acceptors (Lipinski definition) is 4. The van der Waals surface area contributed by atoms with Crippen LogP contribution in [0, 0.1) is 6.92 Å². The Kier molecular flexibility index (Phi) is 6.19. The molecule has 0 spiro atoms. The summed E-state index contributed by atoms with van der Waals surface area (Å²) in [5, 5.41) is 1.96. The van der Waals surface area contributed by atoms with Crippen LogP contribution < -0.4 is 4.72 Å². The van der Waals surface area contributed by atoms with E-state index >= 15 is 0 Å². The Morgan fingerprint density at radius 1 is 1.33 bits per heavy atom. The molecule has 24 heavy (non-hydrogen) atoms. The van der Waals surface area contributed by atoms with Gasteiger partial charge in [0.05, 0.1) is 11.4 Å². The van der Waals surface area contributed by atoms with Crippen molar-refractivity contribution in [1.29, 1.82) is 0 Å². The van der Waals surface area contributed by atoms with Crippen LogP contribution in [0.5, 0.6) is 0 Å². The number of hydrogen-bond donors (Lipinski definition) is 1. The first-order valence-corrected chi connectivity index (χ1v) is 10.5. The Morgan fingerprint density at radius 2 is 2.04 bits per heavy atom. The fourth-order valence-corrected chi connectivity index (χ4v) is 4.79. The number of carbonyl (C=O) groups is 1. The normalized spacial score (nSPS) is 11.5. The molecule has 0 unspecified atom stereocenters. The number of rotatable bonds is 6. The van der Waals surface area contributed by atoms with Crippen molar-refractivity contribution in [2.45, 2.75) is 25.3 Å². The van der Waals surface area contributed by atoms with Crippen LogP contribution in [-0.4, -0.2) is 32.8 Å². The zero-order valence-electron chi connectivity index (χ0n) is 13.7. The minimum atomic E-state index is -3.59. The average Bonchev–Trinajstić information content (AvgIpc) is 2.91. The smallest absolute Gasteiger partial charge is 0.254 e. The van der Waals surface area contributed by atoms with Gasteiger partial charge in [-0.15, -0.1) is 11.3 Å². The van der Waals surface area contributed by atoms with Gasteiger partial charge in [0.15, 0.2) is 0 Å². The molecule has 0 bridgehead atoms. The summed E-state index contributed by atoms with van der Waals surface area (Å²) in [7, 11) is -1.88. The lowest BCUT2D eigenvalue weighted by molar-refractivity contribution is 0.0785. The molecule has 2 aromatic rings. The first kappa shape index (κ1) is 19.1. The van der Waals surface area contributed by atoms with Gasteiger partial charge in [-0.1, -0.05) is 13.0 Å². The molecule has 0 fully saturated rings. The van der Waals surface area contributed by atoms with Gasteiger partial charge in [0.25, 0.3) is 5.91 Å². The Hall–Kier alpha value is -1.22.